The largest absolute Gasteiger partial charge is 0.325 e. The minimum atomic E-state index is 0.308. The number of hydrogen-bond acceptors (Lipinski definition) is 2. The Morgan fingerprint density at radius 2 is 2.00 bits per heavy atom. The molecule has 0 aliphatic heterocycles. The Balaban J connectivity index is 1.88. The molecule has 1 aromatic rings. The van der Waals surface area contributed by atoms with Crippen molar-refractivity contribution in [2.45, 2.75) is 57.9 Å². The lowest BCUT2D eigenvalue weighted by Crippen LogP contribution is -2.22. The highest BCUT2D eigenvalue weighted by Crippen LogP contribution is 2.34. The number of fused-ring (bicyclic) bond motifs is 1. The van der Waals surface area contributed by atoms with Gasteiger partial charge in [-0.1, -0.05) is 6.92 Å². The maximum absolute atomic E-state index is 12.0. The molecule has 1 fully saturated rings. The minimum absolute atomic E-state index is 0.308. The van der Waals surface area contributed by atoms with E-state index < -0.39 is 0 Å². The molecule has 2 aliphatic rings. The number of imidazole rings is 1. The predicted molar refractivity (Wildman–Crippen MR) is 66.2 cm³/mol. The second-order valence-electron chi connectivity index (χ2n) is 5.64. The lowest BCUT2D eigenvalue weighted by molar-refractivity contribution is 0.0958. The van der Waals surface area contributed by atoms with Gasteiger partial charge < -0.3 is 4.57 Å². The van der Waals surface area contributed by atoms with Gasteiger partial charge in [-0.05, 0) is 44.4 Å². The Morgan fingerprint density at radius 3 is 2.76 bits per heavy atom. The van der Waals surface area contributed by atoms with E-state index in [1.54, 1.807) is 0 Å². The first-order valence-electron chi connectivity index (χ1n) is 6.84. The average molecular weight is 232 g/mol. The van der Waals surface area contributed by atoms with Crippen LogP contribution in [0.2, 0.25) is 0 Å². The van der Waals surface area contributed by atoms with Crippen molar-refractivity contribution in [3.8, 4) is 0 Å². The lowest BCUT2D eigenvalue weighted by Gasteiger charge is -2.28. The summed E-state index contributed by atoms with van der Waals surface area (Å²) >= 11 is 0. The molecule has 92 valence electrons. The van der Waals surface area contributed by atoms with E-state index in [2.05, 4.69) is 16.5 Å². The molecule has 1 heterocycles. The van der Waals surface area contributed by atoms with Crippen LogP contribution in [-0.4, -0.2) is 15.3 Å². The third kappa shape index (κ3) is 1.92. The number of Topliss-reactive ketones (excluding diaryl/α,β-unsaturated/α-hetero) is 1. The summed E-state index contributed by atoms with van der Waals surface area (Å²) in [5, 5.41) is 0. The average Bonchev–Trinajstić information content (AvgIpc) is 2.75. The molecule has 17 heavy (non-hydrogen) atoms. The van der Waals surface area contributed by atoms with Crippen molar-refractivity contribution in [2.24, 2.45) is 5.92 Å². The van der Waals surface area contributed by atoms with Crippen molar-refractivity contribution >= 4 is 5.78 Å². The molecule has 0 aromatic carbocycles. The molecule has 0 radical (unpaired) electrons. The van der Waals surface area contributed by atoms with E-state index in [0.29, 0.717) is 18.2 Å². The summed E-state index contributed by atoms with van der Waals surface area (Å²) in [4.78, 5) is 16.5. The number of aromatic nitrogens is 2. The second-order valence-corrected chi connectivity index (χ2v) is 5.64. The maximum atomic E-state index is 12.0. The predicted octanol–water partition coefficient (Wildman–Crippen LogP) is 3.15. The van der Waals surface area contributed by atoms with Gasteiger partial charge in [-0.25, -0.2) is 4.98 Å². The Bertz CT molecular complexity index is 427. The quantitative estimate of drug-likeness (QED) is 0.745. The van der Waals surface area contributed by atoms with E-state index in [0.717, 1.165) is 30.1 Å². The van der Waals surface area contributed by atoms with Crippen molar-refractivity contribution in [1.82, 2.24) is 9.55 Å². The van der Waals surface area contributed by atoms with Crippen LogP contribution < -0.4 is 0 Å². The molecule has 3 nitrogen and oxygen atoms in total. The zero-order valence-corrected chi connectivity index (χ0v) is 10.5. The van der Waals surface area contributed by atoms with Gasteiger partial charge in [0.15, 0.2) is 5.78 Å². The summed E-state index contributed by atoms with van der Waals surface area (Å²) in [6.07, 6.45) is 9.56. The summed E-state index contributed by atoms with van der Waals surface area (Å²) < 4.78 is 2.18. The summed E-state index contributed by atoms with van der Waals surface area (Å²) in [6.45, 7) is 2.32. The van der Waals surface area contributed by atoms with Gasteiger partial charge >= 0.3 is 0 Å². The molecule has 2 aliphatic carbocycles. The first-order valence-corrected chi connectivity index (χ1v) is 6.84. The summed E-state index contributed by atoms with van der Waals surface area (Å²) in [6, 6.07) is 0.518. The van der Waals surface area contributed by atoms with Gasteiger partial charge in [0.25, 0.3) is 0 Å². The first kappa shape index (κ1) is 11.0. The molecule has 0 spiro atoms. The molecule has 0 unspecified atom stereocenters. The summed E-state index contributed by atoms with van der Waals surface area (Å²) in [5.41, 5.74) is 1.97. The van der Waals surface area contributed by atoms with E-state index in [1.807, 2.05) is 6.33 Å². The van der Waals surface area contributed by atoms with E-state index >= 15 is 0 Å². The third-order valence-electron chi connectivity index (χ3n) is 4.33. The van der Waals surface area contributed by atoms with Crippen LogP contribution in [0.1, 0.15) is 67.7 Å². The van der Waals surface area contributed by atoms with Crippen LogP contribution >= 0.6 is 0 Å². The molecule has 3 heteroatoms. The molecule has 1 aromatic heterocycles. The maximum Gasteiger partial charge on any atom is 0.181 e. The molecule has 3 rings (SSSR count). The van der Waals surface area contributed by atoms with E-state index in [9.17, 15) is 4.79 Å². The van der Waals surface area contributed by atoms with Crippen molar-refractivity contribution in [2.75, 3.05) is 0 Å². The van der Waals surface area contributed by atoms with Crippen molar-refractivity contribution in [3.05, 3.63) is 17.7 Å². The van der Waals surface area contributed by atoms with Crippen LogP contribution in [0.5, 0.6) is 0 Å². The van der Waals surface area contributed by atoms with Gasteiger partial charge in [0.05, 0.1) is 12.0 Å². The fourth-order valence-electron chi connectivity index (χ4n) is 3.22. The Hall–Kier alpha value is -1.12. The SMILES string of the molecule is CC1CCC(n2cnc3c2C(=O)CCC3)CC1. The standard InChI is InChI=1S/C14H20N2O/c1-10-5-7-11(8-6-10)16-9-15-12-3-2-4-13(17)14(12)16/h9-11H,2-8H2,1H3. The van der Waals surface area contributed by atoms with Gasteiger partial charge in [-0.2, -0.15) is 0 Å². The molecule has 0 bridgehead atoms. The number of carbonyl (C=O) groups excluding carboxylic acids is 1. The number of aryl methyl sites for hydroxylation is 1. The Kier molecular flexibility index (Phi) is 2.77. The second kappa shape index (κ2) is 4.28. The van der Waals surface area contributed by atoms with Crippen LogP contribution in [0.3, 0.4) is 0 Å². The van der Waals surface area contributed by atoms with Crippen molar-refractivity contribution in [1.29, 1.82) is 0 Å². The van der Waals surface area contributed by atoms with Gasteiger partial charge in [-0.15, -0.1) is 0 Å². The summed E-state index contributed by atoms with van der Waals surface area (Å²) in [5.74, 6) is 1.16. The zero-order valence-electron chi connectivity index (χ0n) is 10.5. The van der Waals surface area contributed by atoms with Crippen LogP contribution in [0, 0.1) is 5.92 Å². The highest BCUT2D eigenvalue weighted by molar-refractivity contribution is 5.96. The highest BCUT2D eigenvalue weighted by Gasteiger charge is 2.27. The first-order chi connectivity index (χ1) is 8.25. The molecule has 0 amide bonds. The number of ketones is 1. The molecule has 0 atom stereocenters. The molecular weight excluding hydrogens is 212 g/mol. The zero-order chi connectivity index (χ0) is 11.8. The van der Waals surface area contributed by atoms with Crippen LogP contribution in [0.25, 0.3) is 0 Å². The van der Waals surface area contributed by atoms with E-state index in [1.165, 1.54) is 25.7 Å². The van der Waals surface area contributed by atoms with Crippen LogP contribution in [0.15, 0.2) is 6.33 Å². The van der Waals surface area contributed by atoms with Gasteiger partial charge in [0.1, 0.15) is 5.69 Å². The van der Waals surface area contributed by atoms with Crippen LogP contribution in [0.4, 0.5) is 0 Å². The molecule has 0 N–H and O–H groups in total. The Morgan fingerprint density at radius 1 is 1.24 bits per heavy atom. The van der Waals surface area contributed by atoms with E-state index in [-0.39, 0.29) is 0 Å². The molecular formula is C14H20N2O. The lowest BCUT2D eigenvalue weighted by atomic mass is 9.87. The normalized spacial score (nSPS) is 29.1. The van der Waals surface area contributed by atoms with E-state index in [4.69, 9.17) is 0 Å². The van der Waals surface area contributed by atoms with Gasteiger partial charge in [-0.3, -0.25) is 4.79 Å². The Labute approximate surface area is 102 Å². The fraction of sp³-hybridized carbons (Fsp3) is 0.714. The molecule has 0 saturated heterocycles. The van der Waals surface area contributed by atoms with Crippen molar-refractivity contribution < 1.29 is 4.79 Å². The number of nitrogens with zero attached hydrogens (tertiary/aromatic N) is 2. The molecule has 1 saturated carbocycles. The number of rotatable bonds is 1. The third-order valence-corrected chi connectivity index (χ3v) is 4.33. The number of hydrogen-bond donors (Lipinski definition) is 0. The smallest absolute Gasteiger partial charge is 0.181 e. The highest BCUT2D eigenvalue weighted by atomic mass is 16.1. The van der Waals surface area contributed by atoms with Crippen LogP contribution in [-0.2, 0) is 6.42 Å². The van der Waals surface area contributed by atoms with Gasteiger partial charge in [0, 0.05) is 12.5 Å². The minimum Gasteiger partial charge on any atom is -0.325 e. The number of carbonyl (C=O) groups is 1. The van der Waals surface area contributed by atoms with Crippen molar-refractivity contribution in [3.63, 3.8) is 0 Å². The topological polar surface area (TPSA) is 34.9 Å². The monoisotopic (exact) mass is 232 g/mol. The fourth-order valence-corrected chi connectivity index (χ4v) is 3.22. The summed E-state index contributed by atoms with van der Waals surface area (Å²) in [7, 11) is 0. The van der Waals surface area contributed by atoms with Gasteiger partial charge in [0.2, 0.25) is 0 Å².